The Hall–Kier alpha value is -2.46. The molecule has 1 aliphatic rings. The van der Waals surface area contributed by atoms with E-state index in [0.29, 0.717) is 31.0 Å². The summed E-state index contributed by atoms with van der Waals surface area (Å²) in [5.74, 6) is 0.631. The second-order valence-electron chi connectivity index (χ2n) is 5.20. The Labute approximate surface area is 121 Å². The van der Waals surface area contributed by atoms with Gasteiger partial charge in [-0.25, -0.2) is 4.98 Å². The minimum absolute atomic E-state index is 0.0946. The Bertz CT molecular complexity index is 883. The fraction of sp³-hybridized carbons (Fsp3) is 0.176. The number of benzene rings is 2. The summed E-state index contributed by atoms with van der Waals surface area (Å²) in [5, 5.41) is 2.31. The van der Waals surface area contributed by atoms with Gasteiger partial charge in [0.15, 0.2) is 0 Å². The number of fused-ring (bicyclic) bond motifs is 2. The highest BCUT2D eigenvalue weighted by atomic mass is 16.5. The molecule has 0 fully saturated rings. The molecule has 0 bridgehead atoms. The van der Waals surface area contributed by atoms with Gasteiger partial charge in [-0.15, -0.1) is 0 Å². The number of H-pyrrole nitrogens is 1. The molecule has 0 amide bonds. The monoisotopic (exact) mass is 278 g/mol. The normalized spacial score (nSPS) is 14.1. The van der Waals surface area contributed by atoms with E-state index in [1.165, 1.54) is 5.39 Å². The summed E-state index contributed by atoms with van der Waals surface area (Å²) in [6.45, 7) is 0.982. The Morgan fingerprint density at radius 1 is 1.10 bits per heavy atom. The lowest BCUT2D eigenvalue weighted by atomic mass is 10.1. The van der Waals surface area contributed by atoms with Gasteiger partial charge < -0.3 is 9.72 Å². The third-order valence-electron chi connectivity index (χ3n) is 3.85. The van der Waals surface area contributed by atoms with E-state index in [1.54, 1.807) is 0 Å². The van der Waals surface area contributed by atoms with Gasteiger partial charge in [-0.05, 0) is 16.8 Å². The zero-order valence-electron chi connectivity index (χ0n) is 11.4. The van der Waals surface area contributed by atoms with Gasteiger partial charge in [0.05, 0.1) is 24.5 Å². The predicted molar refractivity (Wildman–Crippen MR) is 81.2 cm³/mol. The quantitative estimate of drug-likeness (QED) is 0.744. The fourth-order valence-electron chi connectivity index (χ4n) is 2.72. The summed E-state index contributed by atoms with van der Waals surface area (Å²) >= 11 is 0. The standard InChI is InChI=1S/C17H14N2O2/c20-17-14-10-21-8-7-15(14)18-16(19-17)13-6-5-11-3-1-2-4-12(11)9-13/h1-6,9H,7-8,10H2,(H,18,19,20). The lowest BCUT2D eigenvalue weighted by molar-refractivity contribution is 0.108. The van der Waals surface area contributed by atoms with Crippen molar-refractivity contribution in [2.45, 2.75) is 13.0 Å². The summed E-state index contributed by atoms with van der Waals surface area (Å²) < 4.78 is 5.32. The van der Waals surface area contributed by atoms with Gasteiger partial charge in [-0.2, -0.15) is 0 Å². The number of aromatic amines is 1. The number of rotatable bonds is 1. The second-order valence-corrected chi connectivity index (χ2v) is 5.20. The number of hydrogen-bond donors (Lipinski definition) is 1. The summed E-state index contributed by atoms with van der Waals surface area (Å²) in [5.41, 5.74) is 2.35. The Balaban J connectivity index is 1.88. The molecule has 0 spiro atoms. The molecular formula is C17H14N2O2. The molecule has 0 atom stereocenters. The van der Waals surface area contributed by atoms with E-state index in [4.69, 9.17) is 4.74 Å². The first-order valence-corrected chi connectivity index (χ1v) is 7.00. The van der Waals surface area contributed by atoms with Crippen LogP contribution in [0.3, 0.4) is 0 Å². The molecule has 0 unspecified atom stereocenters. The number of aromatic nitrogens is 2. The molecule has 104 valence electrons. The van der Waals surface area contributed by atoms with Crippen LogP contribution in [-0.2, 0) is 17.8 Å². The van der Waals surface area contributed by atoms with Gasteiger partial charge in [-0.3, -0.25) is 4.79 Å². The smallest absolute Gasteiger partial charge is 0.256 e. The molecule has 2 aromatic carbocycles. The zero-order chi connectivity index (χ0) is 14.2. The van der Waals surface area contributed by atoms with Crippen molar-refractivity contribution in [3.05, 3.63) is 64.1 Å². The van der Waals surface area contributed by atoms with Crippen LogP contribution >= 0.6 is 0 Å². The summed E-state index contributed by atoms with van der Waals surface area (Å²) in [6.07, 6.45) is 0.694. The first-order valence-electron chi connectivity index (χ1n) is 7.00. The predicted octanol–water partition coefficient (Wildman–Crippen LogP) is 2.66. The van der Waals surface area contributed by atoms with Gasteiger partial charge >= 0.3 is 0 Å². The van der Waals surface area contributed by atoms with Gasteiger partial charge in [0.1, 0.15) is 5.82 Å². The van der Waals surface area contributed by atoms with Crippen LogP contribution in [0.2, 0.25) is 0 Å². The van der Waals surface area contributed by atoms with Crippen molar-refractivity contribution in [3.63, 3.8) is 0 Å². The maximum atomic E-state index is 12.1. The Kier molecular flexibility index (Phi) is 2.82. The van der Waals surface area contributed by atoms with Crippen molar-refractivity contribution in [2.75, 3.05) is 6.61 Å². The zero-order valence-corrected chi connectivity index (χ0v) is 11.4. The molecule has 4 heteroatoms. The molecule has 1 N–H and O–H groups in total. The van der Waals surface area contributed by atoms with Crippen LogP contribution in [0.5, 0.6) is 0 Å². The molecule has 1 aliphatic heterocycles. The molecule has 3 aromatic rings. The second kappa shape index (κ2) is 4.82. The molecular weight excluding hydrogens is 264 g/mol. The fourth-order valence-corrected chi connectivity index (χ4v) is 2.72. The Morgan fingerprint density at radius 2 is 1.95 bits per heavy atom. The highest BCUT2D eigenvalue weighted by Gasteiger charge is 2.16. The minimum atomic E-state index is -0.0946. The third-order valence-corrected chi connectivity index (χ3v) is 3.85. The topological polar surface area (TPSA) is 55.0 Å². The number of hydrogen-bond acceptors (Lipinski definition) is 3. The van der Waals surface area contributed by atoms with Crippen molar-refractivity contribution < 1.29 is 4.74 Å². The van der Waals surface area contributed by atoms with E-state index >= 15 is 0 Å². The molecule has 2 heterocycles. The maximum absolute atomic E-state index is 12.1. The average Bonchev–Trinajstić information content (AvgIpc) is 2.54. The van der Waals surface area contributed by atoms with Crippen LogP contribution in [0, 0.1) is 0 Å². The Morgan fingerprint density at radius 3 is 2.86 bits per heavy atom. The largest absolute Gasteiger partial charge is 0.376 e. The SMILES string of the molecule is O=c1[nH]c(-c2ccc3ccccc3c2)nc2c1COCC2. The van der Waals surface area contributed by atoms with E-state index in [2.05, 4.69) is 28.2 Å². The van der Waals surface area contributed by atoms with E-state index in [9.17, 15) is 4.79 Å². The van der Waals surface area contributed by atoms with Crippen molar-refractivity contribution in [1.82, 2.24) is 9.97 Å². The summed E-state index contributed by atoms with van der Waals surface area (Å²) in [4.78, 5) is 19.6. The van der Waals surface area contributed by atoms with E-state index < -0.39 is 0 Å². The van der Waals surface area contributed by atoms with Crippen LogP contribution in [-0.4, -0.2) is 16.6 Å². The van der Waals surface area contributed by atoms with Gasteiger partial charge in [0, 0.05) is 12.0 Å². The molecule has 4 nitrogen and oxygen atoms in total. The van der Waals surface area contributed by atoms with Gasteiger partial charge in [-0.1, -0.05) is 36.4 Å². The number of nitrogens with one attached hydrogen (secondary N) is 1. The van der Waals surface area contributed by atoms with Crippen molar-refractivity contribution in [1.29, 1.82) is 0 Å². The van der Waals surface area contributed by atoms with Crippen LogP contribution in [0.15, 0.2) is 47.3 Å². The lowest BCUT2D eigenvalue weighted by Crippen LogP contribution is -2.24. The number of nitrogens with zero attached hydrogens (tertiary/aromatic N) is 1. The number of ether oxygens (including phenoxy) is 1. The highest BCUT2D eigenvalue weighted by molar-refractivity contribution is 5.86. The molecule has 0 saturated carbocycles. The molecule has 1 aromatic heterocycles. The summed E-state index contributed by atoms with van der Waals surface area (Å²) in [7, 11) is 0. The van der Waals surface area contributed by atoms with Gasteiger partial charge in [0.2, 0.25) is 0 Å². The first-order chi connectivity index (χ1) is 10.3. The van der Waals surface area contributed by atoms with Crippen molar-refractivity contribution in [3.8, 4) is 11.4 Å². The van der Waals surface area contributed by atoms with Crippen LogP contribution in [0.25, 0.3) is 22.2 Å². The van der Waals surface area contributed by atoms with Crippen LogP contribution in [0.1, 0.15) is 11.3 Å². The maximum Gasteiger partial charge on any atom is 0.256 e. The van der Waals surface area contributed by atoms with Crippen LogP contribution < -0.4 is 5.56 Å². The van der Waals surface area contributed by atoms with E-state index in [-0.39, 0.29) is 5.56 Å². The highest BCUT2D eigenvalue weighted by Crippen LogP contribution is 2.22. The van der Waals surface area contributed by atoms with Gasteiger partial charge in [0.25, 0.3) is 5.56 Å². The van der Waals surface area contributed by atoms with Crippen molar-refractivity contribution in [2.24, 2.45) is 0 Å². The van der Waals surface area contributed by atoms with Crippen molar-refractivity contribution >= 4 is 10.8 Å². The van der Waals surface area contributed by atoms with E-state index in [1.807, 2.05) is 24.3 Å². The third kappa shape index (κ3) is 2.14. The summed E-state index contributed by atoms with van der Waals surface area (Å²) in [6, 6.07) is 14.2. The van der Waals surface area contributed by atoms with Crippen LogP contribution in [0.4, 0.5) is 0 Å². The van der Waals surface area contributed by atoms with E-state index in [0.717, 1.165) is 16.6 Å². The molecule has 0 aliphatic carbocycles. The first kappa shape index (κ1) is 12.3. The molecule has 4 rings (SSSR count). The molecule has 21 heavy (non-hydrogen) atoms. The lowest BCUT2D eigenvalue weighted by Gasteiger charge is -2.15. The molecule has 0 saturated heterocycles. The molecule has 0 radical (unpaired) electrons. The minimum Gasteiger partial charge on any atom is -0.376 e. The average molecular weight is 278 g/mol.